The van der Waals surface area contributed by atoms with Crippen LogP contribution in [0.3, 0.4) is 0 Å². The van der Waals surface area contributed by atoms with E-state index in [0.717, 1.165) is 11.3 Å². The van der Waals surface area contributed by atoms with Crippen LogP contribution in [0.4, 0.5) is 0 Å². The number of ether oxygens (including phenoxy) is 1. The second-order valence-electron chi connectivity index (χ2n) is 5.47. The van der Waals surface area contributed by atoms with Gasteiger partial charge in [-0.05, 0) is 25.3 Å². The summed E-state index contributed by atoms with van der Waals surface area (Å²) in [5, 5.41) is 10.3. The monoisotopic (exact) mass is 222 g/mol. The van der Waals surface area contributed by atoms with Crippen molar-refractivity contribution in [1.82, 2.24) is 0 Å². The second-order valence-corrected chi connectivity index (χ2v) is 5.47. The maximum atomic E-state index is 10.3. The van der Waals surface area contributed by atoms with Gasteiger partial charge in [-0.15, -0.1) is 0 Å². The molecule has 90 valence electrons. The van der Waals surface area contributed by atoms with Crippen LogP contribution in [0.5, 0.6) is 5.75 Å². The Balaban J connectivity index is 3.03. The van der Waals surface area contributed by atoms with Crippen LogP contribution in [0.1, 0.15) is 46.3 Å². The van der Waals surface area contributed by atoms with Gasteiger partial charge in [0.1, 0.15) is 5.75 Å². The first-order valence-corrected chi connectivity index (χ1v) is 5.76. The summed E-state index contributed by atoms with van der Waals surface area (Å²) in [5.41, 5.74) is 0.680. The van der Waals surface area contributed by atoms with E-state index < -0.39 is 6.10 Å². The summed E-state index contributed by atoms with van der Waals surface area (Å²) in [6.07, 6.45) is -0.393. The number of para-hydroxylation sites is 1. The highest BCUT2D eigenvalue weighted by atomic mass is 16.5. The van der Waals surface area contributed by atoms with Gasteiger partial charge in [-0.25, -0.2) is 0 Å². The van der Waals surface area contributed by atoms with Gasteiger partial charge < -0.3 is 9.84 Å². The summed E-state index contributed by atoms with van der Waals surface area (Å²) in [4.78, 5) is 0. The molecule has 0 radical (unpaired) electrons. The molecule has 1 aromatic rings. The van der Waals surface area contributed by atoms with Gasteiger partial charge in [-0.1, -0.05) is 39.0 Å². The topological polar surface area (TPSA) is 29.5 Å². The van der Waals surface area contributed by atoms with Crippen molar-refractivity contribution in [2.45, 2.75) is 46.8 Å². The molecule has 0 aliphatic heterocycles. The van der Waals surface area contributed by atoms with Crippen molar-refractivity contribution < 1.29 is 9.84 Å². The van der Waals surface area contributed by atoms with E-state index in [2.05, 4.69) is 0 Å². The van der Waals surface area contributed by atoms with E-state index in [1.165, 1.54) is 0 Å². The van der Waals surface area contributed by atoms with Crippen molar-refractivity contribution in [3.63, 3.8) is 0 Å². The Bertz CT molecular complexity index is 337. The number of benzene rings is 1. The van der Waals surface area contributed by atoms with Crippen LogP contribution in [0.25, 0.3) is 0 Å². The Morgan fingerprint density at radius 1 is 1.12 bits per heavy atom. The fraction of sp³-hybridized carbons (Fsp3) is 0.571. The summed E-state index contributed by atoms with van der Waals surface area (Å²) < 4.78 is 5.70. The zero-order chi connectivity index (χ0) is 12.3. The van der Waals surface area contributed by atoms with Gasteiger partial charge in [0.15, 0.2) is 0 Å². The molecule has 2 heteroatoms. The summed E-state index contributed by atoms with van der Waals surface area (Å²) in [5.74, 6) is 0.778. The minimum Gasteiger partial charge on any atom is -0.491 e. The Hall–Kier alpha value is -1.02. The van der Waals surface area contributed by atoms with E-state index in [-0.39, 0.29) is 11.5 Å². The summed E-state index contributed by atoms with van der Waals surface area (Å²) in [6, 6.07) is 7.69. The highest BCUT2D eigenvalue weighted by molar-refractivity contribution is 5.36. The molecular weight excluding hydrogens is 200 g/mol. The molecule has 1 rings (SSSR count). The van der Waals surface area contributed by atoms with Crippen LogP contribution in [0.15, 0.2) is 24.3 Å². The van der Waals surface area contributed by atoms with Gasteiger partial charge in [0.2, 0.25) is 0 Å². The summed E-state index contributed by atoms with van der Waals surface area (Å²) in [6.45, 7) is 10.0. The van der Waals surface area contributed by atoms with Gasteiger partial charge in [-0.3, -0.25) is 0 Å². The zero-order valence-corrected chi connectivity index (χ0v) is 10.8. The average molecular weight is 222 g/mol. The van der Waals surface area contributed by atoms with Gasteiger partial charge >= 0.3 is 0 Å². The first-order chi connectivity index (χ1) is 7.32. The predicted octanol–water partition coefficient (Wildman–Crippen LogP) is 3.55. The molecule has 1 atom stereocenters. The van der Waals surface area contributed by atoms with Crippen LogP contribution in [0.2, 0.25) is 0 Å². The van der Waals surface area contributed by atoms with E-state index in [1.807, 2.05) is 58.9 Å². The smallest absolute Gasteiger partial charge is 0.125 e. The number of aliphatic hydroxyl groups is 1. The lowest BCUT2D eigenvalue weighted by atomic mass is 9.84. The quantitative estimate of drug-likeness (QED) is 0.847. The minimum atomic E-state index is -0.512. The molecule has 0 bridgehead atoms. The standard InChI is InChI=1S/C14H22O2/c1-10(2)16-12-9-7-6-8-11(12)13(15)14(3,4)5/h6-10,13,15H,1-5H3/t13-/m1/s1. The third-order valence-electron chi connectivity index (χ3n) is 2.40. The fourth-order valence-corrected chi connectivity index (χ4v) is 1.53. The van der Waals surface area contributed by atoms with Crippen LogP contribution in [-0.2, 0) is 0 Å². The summed E-state index contributed by atoms with van der Waals surface area (Å²) >= 11 is 0. The van der Waals surface area contributed by atoms with Crippen LogP contribution < -0.4 is 4.74 Å². The maximum absolute atomic E-state index is 10.3. The van der Waals surface area contributed by atoms with Gasteiger partial charge in [0, 0.05) is 5.56 Å². The molecule has 0 aliphatic carbocycles. The van der Waals surface area contributed by atoms with Crippen molar-refractivity contribution in [2.24, 2.45) is 5.41 Å². The largest absolute Gasteiger partial charge is 0.491 e. The normalized spacial score (nSPS) is 13.9. The molecular formula is C14H22O2. The Labute approximate surface area is 98.3 Å². The molecule has 0 aromatic heterocycles. The third-order valence-corrected chi connectivity index (χ3v) is 2.40. The van der Waals surface area contributed by atoms with E-state index >= 15 is 0 Å². The van der Waals surface area contributed by atoms with Crippen molar-refractivity contribution in [3.05, 3.63) is 29.8 Å². The molecule has 1 N–H and O–H groups in total. The van der Waals surface area contributed by atoms with Crippen molar-refractivity contribution in [1.29, 1.82) is 0 Å². The van der Waals surface area contributed by atoms with Gasteiger partial charge in [0.05, 0.1) is 12.2 Å². The van der Waals surface area contributed by atoms with Crippen LogP contribution in [-0.4, -0.2) is 11.2 Å². The molecule has 0 fully saturated rings. The molecule has 0 saturated carbocycles. The molecule has 0 saturated heterocycles. The third kappa shape index (κ3) is 3.24. The molecule has 1 aromatic carbocycles. The van der Waals surface area contributed by atoms with Gasteiger partial charge in [-0.2, -0.15) is 0 Å². The first kappa shape index (κ1) is 13.0. The van der Waals surface area contributed by atoms with E-state index in [0.29, 0.717) is 0 Å². The van der Waals surface area contributed by atoms with Crippen LogP contribution in [0, 0.1) is 5.41 Å². The SMILES string of the molecule is CC(C)Oc1ccccc1[C@@H](O)C(C)(C)C. The number of hydrogen-bond acceptors (Lipinski definition) is 2. The molecule has 0 spiro atoms. The molecule has 0 heterocycles. The molecule has 0 unspecified atom stereocenters. The molecule has 2 nitrogen and oxygen atoms in total. The number of aliphatic hydroxyl groups excluding tert-OH is 1. The lowest BCUT2D eigenvalue weighted by Crippen LogP contribution is -2.19. The van der Waals surface area contributed by atoms with Crippen molar-refractivity contribution in [3.8, 4) is 5.75 Å². The van der Waals surface area contributed by atoms with E-state index in [9.17, 15) is 5.11 Å². The lowest BCUT2D eigenvalue weighted by Gasteiger charge is -2.28. The van der Waals surface area contributed by atoms with Gasteiger partial charge in [0.25, 0.3) is 0 Å². The Morgan fingerprint density at radius 2 is 1.69 bits per heavy atom. The fourth-order valence-electron chi connectivity index (χ4n) is 1.53. The zero-order valence-electron chi connectivity index (χ0n) is 10.8. The highest BCUT2D eigenvalue weighted by Gasteiger charge is 2.26. The maximum Gasteiger partial charge on any atom is 0.125 e. The highest BCUT2D eigenvalue weighted by Crippen LogP contribution is 2.37. The van der Waals surface area contributed by atoms with Crippen LogP contribution >= 0.6 is 0 Å². The van der Waals surface area contributed by atoms with Crippen molar-refractivity contribution in [2.75, 3.05) is 0 Å². The molecule has 0 aliphatic rings. The average Bonchev–Trinajstić information content (AvgIpc) is 2.15. The van der Waals surface area contributed by atoms with E-state index in [1.54, 1.807) is 0 Å². The number of rotatable bonds is 3. The Kier molecular flexibility index (Phi) is 3.98. The Morgan fingerprint density at radius 3 is 2.19 bits per heavy atom. The first-order valence-electron chi connectivity index (χ1n) is 5.76. The molecule has 0 amide bonds. The minimum absolute atomic E-state index is 0.119. The predicted molar refractivity (Wildman–Crippen MR) is 66.6 cm³/mol. The lowest BCUT2D eigenvalue weighted by molar-refractivity contribution is 0.0586. The summed E-state index contributed by atoms with van der Waals surface area (Å²) in [7, 11) is 0. The van der Waals surface area contributed by atoms with Crippen molar-refractivity contribution >= 4 is 0 Å². The van der Waals surface area contributed by atoms with E-state index in [4.69, 9.17) is 4.74 Å². The molecule has 16 heavy (non-hydrogen) atoms. The number of hydrogen-bond donors (Lipinski definition) is 1. The second kappa shape index (κ2) is 4.88.